The van der Waals surface area contributed by atoms with Crippen LogP contribution in [0.4, 0.5) is 43.9 Å². The second kappa shape index (κ2) is 8.93. The fourth-order valence-electron chi connectivity index (χ4n) is 4.52. The van der Waals surface area contributed by atoms with Crippen molar-refractivity contribution >= 4 is 21.5 Å². The number of halogens is 10. The van der Waals surface area contributed by atoms with Gasteiger partial charge in [-0.25, -0.2) is 35.1 Å². The van der Waals surface area contributed by atoms with E-state index in [9.17, 15) is 26.3 Å². The van der Waals surface area contributed by atoms with Crippen LogP contribution < -0.4 is 4.74 Å². The van der Waals surface area contributed by atoms with Crippen molar-refractivity contribution in [2.75, 3.05) is 7.11 Å². The normalized spacial score (nSPS) is 11.6. The maximum atomic E-state index is 15.3. The van der Waals surface area contributed by atoms with Crippen molar-refractivity contribution in [3.8, 4) is 28.0 Å². The molecule has 1 nitrogen and oxygen atoms in total. The maximum absolute atomic E-state index is 15.3. The zero-order valence-electron chi connectivity index (χ0n) is 18.7. The van der Waals surface area contributed by atoms with Gasteiger partial charge >= 0.3 is 0 Å². The zero-order valence-corrected chi connectivity index (χ0v) is 18.7. The molecule has 5 aromatic rings. The number of methoxy groups -OCH3 is 1. The molecule has 0 N–H and O–H groups in total. The fourth-order valence-corrected chi connectivity index (χ4v) is 4.52. The predicted molar refractivity (Wildman–Crippen MR) is 118 cm³/mol. The molecule has 0 radical (unpaired) electrons. The molecular formula is C27H10F10O. The smallest absolute Gasteiger partial charge is 0.204 e. The monoisotopic (exact) mass is 540 g/mol. The van der Waals surface area contributed by atoms with Crippen molar-refractivity contribution in [1.29, 1.82) is 0 Å². The molecule has 0 amide bonds. The van der Waals surface area contributed by atoms with Crippen molar-refractivity contribution in [3.63, 3.8) is 0 Å². The largest absolute Gasteiger partial charge is 0.491 e. The van der Waals surface area contributed by atoms with Gasteiger partial charge < -0.3 is 4.74 Å². The summed E-state index contributed by atoms with van der Waals surface area (Å²) in [6.07, 6.45) is 0. The van der Waals surface area contributed by atoms with E-state index in [0.717, 1.165) is 19.2 Å². The van der Waals surface area contributed by atoms with E-state index in [4.69, 9.17) is 0 Å². The van der Waals surface area contributed by atoms with Crippen molar-refractivity contribution in [2.24, 2.45) is 0 Å². The Hall–Kier alpha value is -4.28. The van der Waals surface area contributed by atoms with E-state index in [1.165, 1.54) is 0 Å². The van der Waals surface area contributed by atoms with Crippen LogP contribution in [0, 0.1) is 58.2 Å². The van der Waals surface area contributed by atoms with Crippen LogP contribution in [0.5, 0.6) is 5.75 Å². The molecule has 38 heavy (non-hydrogen) atoms. The highest BCUT2D eigenvalue weighted by molar-refractivity contribution is 6.21. The van der Waals surface area contributed by atoms with E-state index in [1.54, 1.807) is 0 Å². The van der Waals surface area contributed by atoms with Crippen LogP contribution in [0.2, 0.25) is 0 Å². The lowest BCUT2D eigenvalue weighted by atomic mass is 9.85. The van der Waals surface area contributed by atoms with Crippen molar-refractivity contribution < 1.29 is 48.6 Å². The minimum Gasteiger partial charge on any atom is -0.491 e. The summed E-state index contributed by atoms with van der Waals surface area (Å²) >= 11 is 0. The molecule has 0 heterocycles. The molecular weight excluding hydrogens is 530 g/mol. The Kier molecular flexibility index (Phi) is 5.96. The van der Waals surface area contributed by atoms with Gasteiger partial charge in [0, 0.05) is 21.9 Å². The molecule has 0 unspecified atom stereocenters. The van der Waals surface area contributed by atoms with Gasteiger partial charge in [0.05, 0.1) is 12.7 Å². The van der Waals surface area contributed by atoms with Gasteiger partial charge in [-0.1, -0.05) is 6.07 Å². The Morgan fingerprint density at radius 3 is 1.53 bits per heavy atom. The first kappa shape index (κ1) is 25.4. The van der Waals surface area contributed by atoms with Gasteiger partial charge in [-0.3, -0.25) is 0 Å². The van der Waals surface area contributed by atoms with Crippen LogP contribution in [0.15, 0.2) is 42.5 Å². The van der Waals surface area contributed by atoms with Gasteiger partial charge in [-0.2, -0.15) is 8.78 Å². The average Bonchev–Trinajstić information content (AvgIpc) is 2.88. The summed E-state index contributed by atoms with van der Waals surface area (Å²) in [5, 5.41) is -2.80. The Morgan fingerprint density at radius 1 is 0.474 bits per heavy atom. The topological polar surface area (TPSA) is 9.23 Å². The Bertz CT molecular complexity index is 1760. The second-order valence-corrected chi connectivity index (χ2v) is 8.14. The highest BCUT2D eigenvalue weighted by atomic mass is 19.2. The van der Waals surface area contributed by atoms with Crippen LogP contribution in [0.1, 0.15) is 0 Å². The van der Waals surface area contributed by atoms with E-state index >= 15 is 17.6 Å². The van der Waals surface area contributed by atoms with Gasteiger partial charge in [0.15, 0.2) is 34.8 Å². The lowest BCUT2D eigenvalue weighted by molar-refractivity contribution is 0.334. The molecule has 0 spiro atoms. The van der Waals surface area contributed by atoms with E-state index in [1.807, 2.05) is 0 Å². The van der Waals surface area contributed by atoms with E-state index in [0.29, 0.717) is 30.3 Å². The van der Waals surface area contributed by atoms with Gasteiger partial charge in [0.1, 0.15) is 17.5 Å². The molecule has 5 rings (SSSR count). The third-order valence-electron chi connectivity index (χ3n) is 6.07. The summed E-state index contributed by atoms with van der Waals surface area (Å²) in [6.45, 7) is 0. The Labute approximate surface area is 206 Å². The maximum Gasteiger partial charge on any atom is 0.204 e. The van der Waals surface area contributed by atoms with Crippen molar-refractivity contribution in [2.45, 2.75) is 0 Å². The molecule has 0 bridgehead atoms. The third-order valence-corrected chi connectivity index (χ3v) is 6.07. The molecule has 194 valence electrons. The highest BCUT2D eigenvalue weighted by Crippen LogP contribution is 2.48. The minimum absolute atomic E-state index is 0.362. The third kappa shape index (κ3) is 3.56. The molecule has 11 heteroatoms. The average molecular weight is 540 g/mol. The molecule has 0 saturated carbocycles. The van der Waals surface area contributed by atoms with Crippen LogP contribution in [0.25, 0.3) is 43.8 Å². The predicted octanol–water partition coefficient (Wildman–Crippen LogP) is 8.73. The molecule has 0 aliphatic carbocycles. The quantitative estimate of drug-likeness (QED) is 0.0963. The van der Waals surface area contributed by atoms with E-state index < -0.39 is 102 Å². The van der Waals surface area contributed by atoms with E-state index in [-0.39, 0.29) is 5.39 Å². The zero-order chi connectivity index (χ0) is 27.6. The SMILES string of the molecule is COc1c(F)c(F)c(-c2c3cc(F)ccc3c(-c3cc(F)c(F)c(F)c3)c3c(F)ccc(F)c23)c(F)c1F. The standard InChI is InChI=1S/C27H10F10O/c1-38-27-25(36)23(34)21(24(35)26(27)37)18-12-8-10(28)2-3-11(12)17(9-6-15(31)22(33)16(32)7-9)19-13(29)4-5-14(30)20(18)19/h2-8H,1H3. The van der Waals surface area contributed by atoms with Crippen LogP contribution >= 0.6 is 0 Å². The summed E-state index contributed by atoms with van der Waals surface area (Å²) in [7, 11) is 0.727. The van der Waals surface area contributed by atoms with Crippen molar-refractivity contribution in [1.82, 2.24) is 0 Å². The van der Waals surface area contributed by atoms with Crippen LogP contribution in [0.3, 0.4) is 0 Å². The van der Waals surface area contributed by atoms with Crippen LogP contribution in [-0.2, 0) is 0 Å². The van der Waals surface area contributed by atoms with Crippen molar-refractivity contribution in [3.05, 3.63) is 101 Å². The lowest BCUT2D eigenvalue weighted by Crippen LogP contribution is -2.06. The summed E-state index contributed by atoms with van der Waals surface area (Å²) in [5.74, 6) is -18.6. The summed E-state index contributed by atoms with van der Waals surface area (Å²) in [6, 6.07) is 4.32. The van der Waals surface area contributed by atoms with Gasteiger partial charge in [-0.15, -0.1) is 0 Å². The first-order chi connectivity index (χ1) is 18.0. The van der Waals surface area contributed by atoms with Gasteiger partial charge in [0.2, 0.25) is 11.6 Å². The van der Waals surface area contributed by atoms with Gasteiger partial charge in [-0.05, 0) is 52.7 Å². The summed E-state index contributed by atoms with van der Waals surface area (Å²) in [4.78, 5) is 0. The minimum atomic E-state index is -2.07. The fraction of sp³-hybridized carbons (Fsp3) is 0.0370. The number of hydrogen-bond acceptors (Lipinski definition) is 1. The second-order valence-electron chi connectivity index (χ2n) is 8.14. The number of ether oxygens (including phenoxy) is 1. The first-order valence-electron chi connectivity index (χ1n) is 10.6. The molecule has 5 aromatic carbocycles. The summed E-state index contributed by atoms with van der Waals surface area (Å²) in [5.41, 5.74) is -3.57. The lowest BCUT2D eigenvalue weighted by Gasteiger charge is -2.20. The Morgan fingerprint density at radius 2 is 1.00 bits per heavy atom. The first-order valence-corrected chi connectivity index (χ1v) is 10.6. The van der Waals surface area contributed by atoms with Gasteiger partial charge in [0.25, 0.3) is 0 Å². The molecule has 0 aliphatic rings. The number of benzene rings is 5. The summed E-state index contributed by atoms with van der Waals surface area (Å²) < 4.78 is 151. The highest BCUT2D eigenvalue weighted by Gasteiger charge is 2.32. The molecule has 0 saturated heterocycles. The van der Waals surface area contributed by atoms with E-state index in [2.05, 4.69) is 4.74 Å². The number of rotatable bonds is 3. The molecule has 0 atom stereocenters. The number of fused-ring (bicyclic) bond motifs is 2. The molecule has 0 fully saturated rings. The molecule has 0 aromatic heterocycles. The number of hydrogen-bond donors (Lipinski definition) is 0. The molecule has 0 aliphatic heterocycles. The Balaban J connectivity index is 2.12. The van der Waals surface area contributed by atoms with Crippen LogP contribution in [-0.4, -0.2) is 7.11 Å².